The van der Waals surface area contributed by atoms with Gasteiger partial charge in [0.1, 0.15) is 11.5 Å². The van der Waals surface area contributed by atoms with Gasteiger partial charge in [-0.25, -0.2) is 0 Å². The van der Waals surface area contributed by atoms with Crippen molar-refractivity contribution in [2.75, 3.05) is 20.3 Å². The van der Waals surface area contributed by atoms with Gasteiger partial charge in [0.05, 0.1) is 25.3 Å². The first-order valence-electron chi connectivity index (χ1n) is 5.96. The van der Waals surface area contributed by atoms with E-state index in [1.807, 2.05) is 0 Å². The number of hydrogen-bond acceptors (Lipinski definition) is 4. The van der Waals surface area contributed by atoms with Gasteiger partial charge in [0, 0.05) is 6.54 Å². The van der Waals surface area contributed by atoms with Crippen LogP contribution in [0.5, 0.6) is 11.5 Å². The van der Waals surface area contributed by atoms with E-state index in [1.165, 1.54) is 19.2 Å². The summed E-state index contributed by atoms with van der Waals surface area (Å²) in [5.41, 5.74) is 0.217. The van der Waals surface area contributed by atoms with Crippen LogP contribution in [-0.2, 0) is 0 Å². The molecule has 0 bridgehead atoms. The monoisotopic (exact) mass is 251 g/mol. The molecule has 1 fully saturated rings. The number of phenols is 1. The minimum atomic E-state index is -0.261. The second kappa shape index (κ2) is 5.27. The van der Waals surface area contributed by atoms with Crippen molar-refractivity contribution in [3.05, 3.63) is 23.8 Å². The van der Waals surface area contributed by atoms with Crippen LogP contribution in [0, 0.1) is 0 Å². The van der Waals surface area contributed by atoms with E-state index in [9.17, 15) is 15.0 Å². The quantitative estimate of drug-likeness (QED) is 0.840. The van der Waals surface area contributed by atoms with Crippen molar-refractivity contribution in [1.29, 1.82) is 0 Å². The molecule has 1 atom stereocenters. The molecule has 2 N–H and O–H groups in total. The molecule has 1 aromatic carbocycles. The largest absolute Gasteiger partial charge is 0.507 e. The van der Waals surface area contributed by atoms with Crippen molar-refractivity contribution in [3.63, 3.8) is 0 Å². The van der Waals surface area contributed by atoms with E-state index < -0.39 is 0 Å². The highest BCUT2D eigenvalue weighted by molar-refractivity contribution is 5.97. The minimum absolute atomic E-state index is 0.0452. The van der Waals surface area contributed by atoms with Crippen LogP contribution in [0.25, 0.3) is 0 Å². The Morgan fingerprint density at radius 3 is 3.00 bits per heavy atom. The molecule has 0 saturated carbocycles. The first-order valence-corrected chi connectivity index (χ1v) is 5.96. The van der Waals surface area contributed by atoms with E-state index in [-0.39, 0.29) is 29.9 Å². The van der Waals surface area contributed by atoms with Crippen LogP contribution in [0.4, 0.5) is 0 Å². The Labute approximate surface area is 106 Å². The Balaban J connectivity index is 2.27. The van der Waals surface area contributed by atoms with Crippen LogP contribution >= 0.6 is 0 Å². The lowest BCUT2D eigenvalue weighted by atomic mass is 10.1. The predicted molar refractivity (Wildman–Crippen MR) is 65.8 cm³/mol. The van der Waals surface area contributed by atoms with Gasteiger partial charge in [0.2, 0.25) is 0 Å². The number of aliphatic hydroxyl groups is 1. The van der Waals surface area contributed by atoms with Gasteiger partial charge in [-0.05, 0) is 31.0 Å². The van der Waals surface area contributed by atoms with Crippen molar-refractivity contribution in [2.45, 2.75) is 18.9 Å². The number of benzene rings is 1. The number of phenolic OH excluding ortho intramolecular Hbond substituents is 1. The Morgan fingerprint density at radius 2 is 2.33 bits per heavy atom. The maximum atomic E-state index is 12.3. The molecule has 0 aromatic heterocycles. The number of rotatable bonds is 3. The van der Waals surface area contributed by atoms with E-state index in [2.05, 4.69) is 0 Å². The topological polar surface area (TPSA) is 70.0 Å². The first kappa shape index (κ1) is 12.7. The van der Waals surface area contributed by atoms with Gasteiger partial charge in [-0.2, -0.15) is 0 Å². The number of likely N-dealkylation sites (tertiary alicyclic amines) is 1. The molecule has 5 heteroatoms. The lowest BCUT2D eigenvalue weighted by Gasteiger charge is -2.23. The molecule has 98 valence electrons. The van der Waals surface area contributed by atoms with Crippen LogP contribution in [-0.4, -0.2) is 47.3 Å². The van der Waals surface area contributed by atoms with E-state index >= 15 is 0 Å². The first-order chi connectivity index (χ1) is 8.67. The Hall–Kier alpha value is -1.75. The zero-order valence-corrected chi connectivity index (χ0v) is 10.3. The van der Waals surface area contributed by atoms with E-state index in [0.717, 1.165) is 12.8 Å². The molecule has 1 aromatic rings. The van der Waals surface area contributed by atoms with Gasteiger partial charge in [0.15, 0.2) is 0 Å². The third-order valence-electron chi connectivity index (χ3n) is 3.28. The van der Waals surface area contributed by atoms with Crippen molar-refractivity contribution >= 4 is 5.91 Å². The summed E-state index contributed by atoms with van der Waals surface area (Å²) in [4.78, 5) is 13.9. The maximum Gasteiger partial charge on any atom is 0.258 e. The van der Waals surface area contributed by atoms with Crippen LogP contribution in [0.2, 0.25) is 0 Å². The van der Waals surface area contributed by atoms with Crippen LogP contribution in [0.15, 0.2) is 18.2 Å². The lowest BCUT2D eigenvalue weighted by molar-refractivity contribution is 0.0674. The summed E-state index contributed by atoms with van der Waals surface area (Å²) in [5.74, 6) is 0.197. The highest BCUT2D eigenvalue weighted by Crippen LogP contribution is 2.27. The van der Waals surface area contributed by atoms with Gasteiger partial charge in [-0.3, -0.25) is 4.79 Å². The third-order valence-corrected chi connectivity index (χ3v) is 3.28. The molecule has 18 heavy (non-hydrogen) atoms. The molecule has 1 heterocycles. The average molecular weight is 251 g/mol. The van der Waals surface area contributed by atoms with Gasteiger partial charge >= 0.3 is 0 Å². The summed E-state index contributed by atoms with van der Waals surface area (Å²) in [6, 6.07) is 4.41. The van der Waals surface area contributed by atoms with Crippen LogP contribution in [0.3, 0.4) is 0 Å². The number of carbonyl (C=O) groups is 1. The van der Waals surface area contributed by atoms with Gasteiger partial charge < -0.3 is 19.8 Å². The highest BCUT2D eigenvalue weighted by Gasteiger charge is 2.30. The number of methoxy groups -OCH3 is 1. The zero-order valence-electron chi connectivity index (χ0n) is 10.3. The summed E-state index contributed by atoms with van der Waals surface area (Å²) in [6.07, 6.45) is 1.68. The average Bonchev–Trinajstić information content (AvgIpc) is 2.86. The number of amides is 1. The number of hydrogen-bond donors (Lipinski definition) is 2. The summed E-state index contributed by atoms with van der Waals surface area (Å²) in [7, 11) is 1.51. The second-order valence-corrected chi connectivity index (χ2v) is 4.36. The van der Waals surface area contributed by atoms with Gasteiger partial charge in [-0.1, -0.05) is 0 Å². The molecule has 0 radical (unpaired) electrons. The number of carbonyl (C=O) groups excluding carboxylic acids is 1. The molecule has 0 aliphatic carbocycles. The van der Waals surface area contributed by atoms with Crippen molar-refractivity contribution in [1.82, 2.24) is 4.90 Å². The summed E-state index contributed by atoms with van der Waals surface area (Å²) in [6.45, 7) is 0.567. The lowest BCUT2D eigenvalue weighted by Crippen LogP contribution is -2.37. The van der Waals surface area contributed by atoms with E-state index in [0.29, 0.717) is 12.3 Å². The molecule has 0 spiro atoms. The van der Waals surface area contributed by atoms with E-state index in [4.69, 9.17) is 4.74 Å². The normalized spacial score (nSPS) is 19.0. The molecule has 1 saturated heterocycles. The molecule has 2 rings (SSSR count). The highest BCUT2D eigenvalue weighted by atomic mass is 16.5. The fourth-order valence-electron chi connectivity index (χ4n) is 2.26. The van der Waals surface area contributed by atoms with Crippen molar-refractivity contribution < 1.29 is 19.7 Å². The van der Waals surface area contributed by atoms with E-state index in [1.54, 1.807) is 11.0 Å². The number of aromatic hydroxyl groups is 1. The van der Waals surface area contributed by atoms with Gasteiger partial charge in [0.25, 0.3) is 5.91 Å². The molecule has 5 nitrogen and oxygen atoms in total. The number of aliphatic hydroxyl groups excluding tert-OH is 1. The van der Waals surface area contributed by atoms with Crippen molar-refractivity contribution in [2.24, 2.45) is 0 Å². The molecule has 1 aliphatic rings. The summed E-state index contributed by atoms with van der Waals surface area (Å²) < 4.78 is 5.04. The van der Waals surface area contributed by atoms with Crippen molar-refractivity contribution in [3.8, 4) is 11.5 Å². The Morgan fingerprint density at radius 1 is 1.56 bits per heavy atom. The zero-order chi connectivity index (χ0) is 13.1. The summed E-state index contributed by atoms with van der Waals surface area (Å²) >= 11 is 0. The third kappa shape index (κ3) is 2.26. The minimum Gasteiger partial charge on any atom is -0.507 e. The second-order valence-electron chi connectivity index (χ2n) is 4.36. The fourth-order valence-corrected chi connectivity index (χ4v) is 2.26. The SMILES string of the molecule is COc1ccc(O)c(C(=O)N2CCCC2CO)c1. The standard InChI is InChI=1S/C13H17NO4/c1-18-10-4-5-12(16)11(7-10)13(17)14-6-2-3-9(14)8-15/h4-5,7,9,15-16H,2-3,6,8H2,1H3. The van der Waals surface area contributed by atoms with Gasteiger partial charge in [-0.15, -0.1) is 0 Å². The maximum absolute atomic E-state index is 12.3. The number of ether oxygens (including phenoxy) is 1. The van der Waals surface area contributed by atoms with Crippen LogP contribution < -0.4 is 4.74 Å². The molecule has 1 aliphatic heterocycles. The molecule has 1 unspecified atom stereocenters. The van der Waals surface area contributed by atoms with Crippen LogP contribution in [0.1, 0.15) is 23.2 Å². The fraction of sp³-hybridized carbons (Fsp3) is 0.462. The summed E-state index contributed by atoms with van der Waals surface area (Å²) in [5, 5.41) is 19.0. The Bertz CT molecular complexity index is 447. The Kier molecular flexibility index (Phi) is 3.72. The predicted octanol–water partition coefficient (Wildman–Crippen LogP) is 0.998. The molecular formula is C13H17NO4. The smallest absolute Gasteiger partial charge is 0.258 e. The number of nitrogens with zero attached hydrogens (tertiary/aromatic N) is 1. The molecular weight excluding hydrogens is 234 g/mol. The molecule has 1 amide bonds.